The van der Waals surface area contributed by atoms with Crippen LogP contribution in [-0.4, -0.2) is 0 Å². The SMILES string of the molecule is Sc1[c-]c2ccccc2cc1C1CC1.[Re]. The van der Waals surface area contributed by atoms with Crippen molar-refractivity contribution in [2.24, 2.45) is 0 Å². The van der Waals surface area contributed by atoms with Crippen LogP contribution >= 0.6 is 12.6 Å². The number of hydrogen-bond donors (Lipinski definition) is 1. The van der Waals surface area contributed by atoms with E-state index in [0.717, 1.165) is 10.8 Å². The van der Waals surface area contributed by atoms with Gasteiger partial charge in [0.1, 0.15) is 0 Å². The van der Waals surface area contributed by atoms with E-state index < -0.39 is 0 Å². The van der Waals surface area contributed by atoms with E-state index in [1.165, 1.54) is 29.2 Å². The summed E-state index contributed by atoms with van der Waals surface area (Å²) in [5.41, 5.74) is 1.38. The number of rotatable bonds is 1. The van der Waals surface area contributed by atoms with Crippen LogP contribution in [-0.2, 0) is 20.4 Å². The van der Waals surface area contributed by atoms with Gasteiger partial charge in [-0.3, -0.25) is 0 Å². The first-order valence-corrected chi connectivity index (χ1v) is 5.43. The Morgan fingerprint density at radius 3 is 2.67 bits per heavy atom. The summed E-state index contributed by atoms with van der Waals surface area (Å²) >= 11 is 4.50. The molecule has 1 radical (unpaired) electrons. The molecule has 0 bridgehead atoms. The van der Waals surface area contributed by atoms with Crippen LogP contribution < -0.4 is 0 Å². The molecule has 0 aromatic heterocycles. The molecule has 0 heterocycles. The third-order valence-electron chi connectivity index (χ3n) is 2.82. The van der Waals surface area contributed by atoms with Crippen molar-refractivity contribution in [3.05, 3.63) is 42.0 Å². The van der Waals surface area contributed by atoms with Gasteiger partial charge in [-0.05, 0) is 5.92 Å². The predicted octanol–water partition coefficient (Wildman–Crippen LogP) is 3.80. The molecule has 0 saturated heterocycles. The molecule has 0 unspecified atom stereocenters. The standard InChI is InChI=1S/C13H11S.Re/c14-13-8-11-4-2-1-3-10(11)7-12(13)9-5-6-9;/h1-4,7,9,14H,5-6H2;/q-1;. The van der Waals surface area contributed by atoms with Crippen LogP contribution in [0.3, 0.4) is 0 Å². The molecule has 1 aliphatic rings. The first-order valence-electron chi connectivity index (χ1n) is 4.98. The van der Waals surface area contributed by atoms with Gasteiger partial charge in [0.25, 0.3) is 0 Å². The van der Waals surface area contributed by atoms with Crippen molar-refractivity contribution in [3.63, 3.8) is 0 Å². The van der Waals surface area contributed by atoms with Crippen LogP contribution in [0.25, 0.3) is 10.8 Å². The number of fused-ring (bicyclic) bond motifs is 1. The van der Waals surface area contributed by atoms with Gasteiger partial charge in [-0.2, -0.15) is 12.6 Å². The maximum absolute atomic E-state index is 4.50. The van der Waals surface area contributed by atoms with Gasteiger partial charge < -0.3 is 0 Å². The van der Waals surface area contributed by atoms with Gasteiger partial charge in [0.2, 0.25) is 0 Å². The summed E-state index contributed by atoms with van der Waals surface area (Å²) in [5, 5.41) is 2.45. The molecule has 3 rings (SSSR count). The van der Waals surface area contributed by atoms with Crippen molar-refractivity contribution in [2.75, 3.05) is 0 Å². The third kappa shape index (κ3) is 2.13. The second kappa shape index (κ2) is 4.30. The Hall–Kier alpha value is -0.288. The van der Waals surface area contributed by atoms with Crippen LogP contribution in [0.1, 0.15) is 24.3 Å². The largest absolute Gasteiger partial charge is 0.164 e. The summed E-state index contributed by atoms with van der Waals surface area (Å²) in [6, 6.07) is 14.0. The number of hydrogen-bond acceptors (Lipinski definition) is 1. The predicted molar refractivity (Wildman–Crippen MR) is 62.0 cm³/mol. The first kappa shape index (κ1) is 11.2. The van der Waals surface area contributed by atoms with Crippen molar-refractivity contribution in [1.29, 1.82) is 0 Å². The maximum atomic E-state index is 4.50. The van der Waals surface area contributed by atoms with Crippen molar-refractivity contribution < 1.29 is 20.4 Å². The van der Waals surface area contributed by atoms with Crippen molar-refractivity contribution >= 4 is 23.4 Å². The molecular formula is C13H11ReS-. The van der Waals surface area contributed by atoms with Crippen LogP contribution in [0, 0.1) is 6.07 Å². The first-order chi connectivity index (χ1) is 6.84. The minimum atomic E-state index is 0. The van der Waals surface area contributed by atoms with Crippen LogP contribution in [0.15, 0.2) is 35.2 Å². The van der Waals surface area contributed by atoms with E-state index in [9.17, 15) is 0 Å². The summed E-state index contributed by atoms with van der Waals surface area (Å²) in [5.74, 6) is 0.753. The van der Waals surface area contributed by atoms with E-state index in [0.29, 0.717) is 0 Å². The third-order valence-corrected chi connectivity index (χ3v) is 3.19. The molecule has 2 aromatic carbocycles. The summed E-state index contributed by atoms with van der Waals surface area (Å²) in [6.45, 7) is 0. The Kier molecular flexibility index (Phi) is 3.21. The zero-order chi connectivity index (χ0) is 9.54. The normalized spacial score (nSPS) is 15.0. The summed E-state index contributed by atoms with van der Waals surface area (Å²) in [6.07, 6.45) is 2.64. The second-order valence-electron chi connectivity index (χ2n) is 3.93. The minimum absolute atomic E-state index is 0. The van der Waals surface area contributed by atoms with Crippen LogP contribution in [0.5, 0.6) is 0 Å². The van der Waals surface area contributed by atoms with Crippen LogP contribution in [0.2, 0.25) is 0 Å². The van der Waals surface area contributed by atoms with E-state index >= 15 is 0 Å². The van der Waals surface area contributed by atoms with Gasteiger partial charge in [0.05, 0.1) is 0 Å². The average molecular weight is 386 g/mol. The fourth-order valence-electron chi connectivity index (χ4n) is 1.88. The van der Waals surface area contributed by atoms with Gasteiger partial charge in [0, 0.05) is 20.4 Å². The van der Waals surface area contributed by atoms with Gasteiger partial charge in [-0.25, -0.2) is 0 Å². The quantitative estimate of drug-likeness (QED) is 0.560. The van der Waals surface area contributed by atoms with Gasteiger partial charge in [-0.1, -0.05) is 29.9 Å². The van der Waals surface area contributed by atoms with E-state index in [1.54, 1.807) is 0 Å². The minimum Gasteiger partial charge on any atom is -0.164 e. The Morgan fingerprint density at radius 2 is 1.93 bits per heavy atom. The monoisotopic (exact) mass is 386 g/mol. The molecule has 0 spiro atoms. The molecule has 1 saturated carbocycles. The molecule has 0 atom stereocenters. The average Bonchev–Trinajstić information content (AvgIpc) is 3.00. The number of thiol groups is 1. The van der Waals surface area contributed by atoms with Gasteiger partial charge >= 0.3 is 0 Å². The van der Waals surface area contributed by atoms with Gasteiger partial charge in [0.15, 0.2) is 0 Å². The van der Waals surface area contributed by atoms with E-state index in [4.69, 9.17) is 0 Å². The topological polar surface area (TPSA) is 0 Å². The van der Waals surface area contributed by atoms with Crippen LogP contribution in [0.4, 0.5) is 0 Å². The molecule has 1 fully saturated rings. The summed E-state index contributed by atoms with van der Waals surface area (Å²) < 4.78 is 0. The Morgan fingerprint density at radius 1 is 1.20 bits per heavy atom. The van der Waals surface area contributed by atoms with E-state index in [-0.39, 0.29) is 20.4 Å². The molecular weight excluding hydrogens is 374 g/mol. The Balaban J connectivity index is 0.000000853. The van der Waals surface area contributed by atoms with Crippen molar-refractivity contribution in [2.45, 2.75) is 23.7 Å². The number of benzene rings is 2. The molecule has 0 N–H and O–H groups in total. The van der Waals surface area contributed by atoms with E-state index in [1.807, 2.05) is 6.07 Å². The van der Waals surface area contributed by atoms with Gasteiger partial charge in [-0.15, -0.1) is 40.6 Å². The summed E-state index contributed by atoms with van der Waals surface area (Å²) in [7, 11) is 0. The van der Waals surface area contributed by atoms with Crippen molar-refractivity contribution in [1.82, 2.24) is 0 Å². The second-order valence-corrected chi connectivity index (χ2v) is 4.38. The Labute approximate surface area is 109 Å². The molecule has 2 heteroatoms. The zero-order valence-corrected chi connectivity index (χ0v) is 11.8. The molecule has 0 nitrogen and oxygen atoms in total. The zero-order valence-electron chi connectivity index (χ0n) is 8.20. The molecule has 77 valence electrons. The van der Waals surface area contributed by atoms with Crippen molar-refractivity contribution in [3.8, 4) is 0 Å². The summed E-state index contributed by atoms with van der Waals surface area (Å²) in [4.78, 5) is 1.03. The molecule has 1 aliphatic carbocycles. The van der Waals surface area contributed by atoms with E-state index in [2.05, 4.69) is 43.0 Å². The fraction of sp³-hybridized carbons (Fsp3) is 0.231. The fourth-order valence-corrected chi connectivity index (χ4v) is 2.25. The smallest absolute Gasteiger partial charge is 0 e. The molecule has 0 aliphatic heterocycles. The molecule has 15 heavy (non-hydrogen) atoms. The Bertz CT molecular complexity index is 489. The molecule has 2 aromatic rings. The molecule has 0 amide bonds. The maximum Gasteiger partial charge on any atom is 0 e.